The zero-order chi connectivity index (χ0) is 21.1. The number of hydrogen-bond acceptors (Lipinski definition) is 4. The molecule has 1 heterocycles. The topological polar surface area (TPSA) is 59.1 Å². The van der Waals surface area contributed by atoms with Crippen LogP contribution in [0.25, 0.3) is 0 Å². The molecule has 0 atom stereocenters. The van der Waals surface area contributed by atoms with E-state index in [0.29, 0.717) is 24.6 Å². The van der Waals surface area contributed by atoms with Crippen LogP contribution in [0.5, 0.6) is 11.5 Å². The molecule has 0 fully saturated rings. The third kappa shape index (κ3) is 4.36. The fraction of sp³-hybridized carbons (Fsp3) is 0.391. The summed E-state index contributed by atoms with van der Waals surface area (Å²) in [7, 11) is 3.22. The summed E-state index contributed by atoms with van der Waals surface area (Å²) in [6, 6.07) is 9.72. The molecular weight excluding hydrogens is 368 g/mol. The highest BCUT2D eigenvalue weighted by molar-refractivity contribution is 5.97. The van der Waals surface area contributed by atoms with Crippen molar-refractivity contribution >= 4 is 17.5 Å². The van der Waals surface area contributed by atoms with E-state index in [-0.39, 0.29) is 18.4 Å². The number of benzene rings is 2. The van der Waals surface area contributed by atoms with E-state index in [2.05, 4.69) is 0 Å². The van der Waals surface area contributed by atoms with Gasteiger partial charge in [0.15, 0.2) is 11.5 Å². The molecule has 2 amide bonds. The van der Waals surface area contributed by atoms with Gasteiger partial charge in [0.05, 0.1) is 14.2 Å². The molecule has 0 saturated heterocycles. The molecule has 0 unspecified atom stereocenters. The minimum atomic E-state index is -0.148. The van der Waals surface area contributed by atoms with Crippen LogP contribution in [0.4, 0.5) is 5.69 Å². The number of rotatable bonds is 5. The van der Waals surface area contributed by atoms with E-state index in [1.807, 2.05) is 44.2 Å². The second kappa shape index (κ2) is 8.55. The van der Waals surface area contributed by atoms with E-state index in [9.17, 15) is 9.59 Å². The first-order chi connectivity index (χ1) is 13.8. The van der Waals surface area contributed by atoms with Crippen molar-refractivity contribution in [1.82, 2.24) is 4.90 Å². The molecule has 0 aliphatic carbocycles. The van der Waals surface area contributed by atoms with Gasteiger partial charge in [-0.1, -0.05) is 6.07 Å². The summed E-state index contributed by atoms with van der Waals surface area (Å²) in [4.78, 5) is 28.6. The normalized spacial score (nSPS) is 12.9. The van der Waals surface area contributed by atoms with Crippen LogP contribution in [-0.2, 0) is 22.6 Å². The Labute approximate surface area is 172 Å². The average Bonchev–Trinajstić information content (AvgIpc) is 2.72. The molecule has 1 aliphatic heterocycles. The Kier molecular flexibility index (Phi) is 6.11. The van der Waals surface area contributed by atoms with Gasteiger partial charge in [0.25, 0.3) is 0 Å². The molecule has 0 radical (unpaired) electrons. The van der Waals surface area contributed by atoms with Crippen molar-refractivity contribution < 1.29 is 19.1 Å². The number of carbonyl (C=O) groups excluding carboxylic acids is 2. The van der Waals surface area contributed by atoms with E-state index >= 15 is 0 Å². The van der Waals surface area contributed by atoms with Crippen LogP contribution in [0.2, 0.25) is 0 Å². The Balaban J connectivity index is 1.78. The Hall–Kier alpha value is -3.02. The van der Waals surface area contributed by atoms with Crippen LogP contribution < -0.4 is 14.4 Å². The molecule has 3 rings (SSSR count). The van der Waals surface area contributed by atoms with Crippen molar-refractivity contribution in [2.75, 3.05) is 32.2 Å². The Bertz CT molecular complexity index is 939. The number of ether oxygens (including phenoxy) is 2. The van der Waals surface area contributed by atoms with Crippen molar-refractivity contribution in [1.29, 1.82) is 0 Å². The second-order valence-electron chi connectivity index (χ2n) is 7.41. The van der Waals surface area contributed by atoms with Crippen molar-refractivity contribution in [3.05, 3.63) is 52.6 Å². The molecule has 6 heteroatoms. The van der Waals surface area contributed by atoms with Gasteiger partial charge < -0.3 is 19.3 Å². The highest BCUT2D eigenvalue weighted by atomic mass is 16.5. The summed E-state index contributed by atoms with van der Waals surface area (Å²) < 4.78 is 10.8. The third-order valence-corrected chi connectivity index (χ3v) is 5.55. The maximum absolute atomic E-state index is 13.0. The van der Waals surface area contributed by atoms with Gasteiger partial charge in [0.1, 0.15) is 6.54 Å². The lowest BCUT2D eigenvalue weighted by molar-refractivity contribution is -0.132. The van der Waals surface area contributed by atoms with Gasteiger partial charge in [-0.25, -0.2) is 0 Å². The van der Waals surface area contributed by atoms with Crippen LogP contribution in [0, 0.1) is 13.8 Å². The minimum absolute atomic E-state index is 0.0282. The molecule has 0 N–H and O–H groups in total. The fourth-order valence-electron chi connectivity index (χ4n) is 3.61. The smallest absolute Gasteiger partial charge is 0.242 e. The Morgan fingerprint density at radius 2 is 1.66 bits per heavy atom. The molecule has 1 aliphatic rings. The van der Waals surface area contributed by atoms with Gasteiger partial charge in [0, 0.05) is 25.7 Å². The van der Waals surface area contributed by atoms with E-state index in [4.69, 9.17) is 9.47 Å². The molecule has 0 saturated carbocycles. The van der Waals surface area contributed by atoms with E-state index in [1.165, 1.54) is 6.92 Å². The highest BCUT2D eigenvalue weighted by Crippen LogP contribution is 2.33. The first-order valence-corrected chi connectivity index (χ1v) is 9.71. The van der Waals surface area contributed by atoms with Gasteiger partial charge in [-0.15, -0.1) is 0 Å². The maximum Gasteiger partial charge on any atom is 0.242 e. The number of nitrogens with zero attached hydrogens (tertiary/aromatic N) is 2. The minimum Gasteiger partial charge on any atom is -0.493 e. The number of aryl methyl sites for hydroxylation is 2. The molecule has 6 nitrogen and oxygen atoms in total. The lowest BCUT2D eigenvalue weighted by Gasteiger charge is -2.31. The molecule has 29 heavy (non-hydrogen) atoms. The zero-order valence-electron chi connectivity index (χ0n) is 17.7. The second-order valence-corrected chi connectivity index (χ2v) is 7.41. The predicted molar refractivity (Wildman–Crippen MR) is 113 cm³/mol. The average molecular weight is 396 g/mol. The van der Waals surface area contributed by atoms with Crippen molar-refractivity contribution in [3.63, 3.8) is 0 Å². The quantitative estimate of drug-likeness (QED) is 0.778. The molecule has 2 aromatic carbocycles. The molecular formula is C23H28N2O4. The van der Waals surface area contributed by atoms with Crippen LogP contribution >= 0.6 is 0 Å². The van der Waals surface area contributed by atoms with E-state index in [1.54, 1.807) is 24.0 Å². The maximum atomic E-state index is 13.0. The number of hydrogen-bond donors (Lipinski definition) is 0. The molecule has 2 aromatic rings. The van der Waals surface area contributed by atoms with Gasteiger partial charge in [0.2, 0.25) is 11.8 Å². The van der Waals surface area contributed by atoms with Gasteiger partial charge in [-0.05, 0) is 66.8 Å². The third-order valence-electron chi connectivity index (χ3n) is 5.55. The van der Waals surface area contributed by atoms with Crippen LogP contribution in [-0.4, -0.2) is 44.0 Å². The van der Waals surface area contributed by atoms with Crippen LogP contribution in [0.1, 0.15) is 29.2 Å². The lowest BCUT2D eigenvalue weighted by atomic mass is 9.98. The fourth-order valence-corrected chi connectivity index (χ4v) is 3.61. The summed E-state index contributed by atoms with van der Waals surface area (Å²) >= 11 is 0. The summed E-state index contributed by atoms with van der Waals surface area (Å²) in [5.74, 6) is 1.13. The standard InChI is InChI=1S/C23H28N2O4/c1-15-6-7-20(10-16(15)2)25(17(3)26)14-23(27)24-9-8-18-11-21(28-4)22(29-5)12-19(18)13-24/h6-7,10-12H,8-9,13-14H2,1-5H3. The number of anilines is 1. The monoisotopic (exact) mass is 396 g/mol. The Morgan fingerprint density at radius 3 is 2.24 bits per heavy atom. The van der Waals surface area contributed by atoms with Gasteiger partial charge in [-0.2, -0.15) is 0 Å². The Morgan fingerprint density at radius 1 is 1.00 bits per heavy atom. The molecule has 154 valence electrons. The SMILES string of the molecule is COc1cc2c(cc1OC)CN(C(=O)CN(C(C)=O)c1ccc(C)c(C)c1)CC2. The van der Waals surface area contributed by atoms with Crippen molar-refractivity contribution in [2.45, 2.75) is 33.7 Å². The number of fused-ring (bicyclic) bond motifs is 1. The lowest BCUT2D eigenvalue weighted by Crippen LogP contribution is -2.44. The molecule has 0 spiro atoms. The first kappa shape index (κ1) is 20.7. The van der Waals surface area contributed by atoms with Crippen LogP contribution in [0.15, 0.2) is 30.3 Å². The van der Waals surface area contributed by atoms with Crippen molar-refractivity contribution in [2.24, 2.45) is 0 Å². The van der Waals surface area contributed by atoms with E-state index < -0.39 is 0 Å². The summed E-state index contributed by atoms with van der Waals surface area (Å²) in [6.07, 6.45) is 0.741. The summed E-state index contributed by atoms with van der Waals surface area (Å²) in [5, 5.41) is 0. The number of carbonyl (C=O) groups is 2. The molecule has 0 bridgehead atoms. The zero-order valence-corrected chi connectivity index (χ0v) is 17.7. The van der Waals surface area contributed by atoms with Crippen molar-refractivity contribution in [3.8, 4) is 11.5 Å². The van der Waals surface area contributed by atoms with Gasteiger partial charge >= 0.3 is 0 Å². The predicted octanol–water partition coefficient (Wildman–Crippen LogP) is 3.26. The number of amides is 2. The largest absolute Gasteiger partial charge is 0.493 e. The first-order valence-electron chi connectivity index (χ1n) is 9.71. The summed E-state index contributed by atoms with van der Waals surface area (Å²) in [5.41, 5.74) is 5.19. The summed E-state index contributed by atoms with van der Waals surface area (Å²) in [6.45, 7) is 6.65. The number of methoxy groups -OCH3 is 2. The van der Waals surface area contributed by atoms with Gasteiger partial charge in [-0.3, -0.25) is 9.59 Å². The van der Waals surface area contributed by atoms with Crippen LogP contribution in [0.3, 0.4) is 0 Å². The molecule has 0 aromatic heterocycles. The van der Waals surface area contributed by atoms with E-state index in [0.717, 1.165) is 34.4 Å². The highest BCUT2D eigenvalue weighted by Gasteiger charge is 2.25.